The Kier molecular flexibility index (Phi) is 7.57. The predicted octanol–water partition coefficient (Wildman–Crippen LogP) is 3.89. The zero-order valence-electron chi connectivity index (χ0n) is 16.0. The molecule has 1 aliphatic rings. The van der Waals surface area contributed by atoms with Crippen molar-refractivity contribution in [2.75, 3.05) is 19.6 Å². The molecule has 0 bridgehead atoms. The van der Waals surface area contributed by atoms with Gasteiger partial charge < -0.3 is 5.32 Å². The van der Waals surface area contributed by atoms with Crippen LogP contribution in [0.5, 0.6) is 0 Å². The zero-order valence-corrected chi connectivity index (χ0v) is 18.3. The van der Waals surface area contributed by atoms with E-state index in [4.69, 9.17) is 23.2 Å². The van der Waals surface area contributed by atoms with Gasteiger partial charge in [-0.15, -0.1) is 0 Å². The molecule has 2 aromatic rings. The van der Waals surface area contributed by atoms with Gasteiger partial charge in [0.15, 0.2) is 0 Å². The van der Waals surface area contributed by atoms with Crippen LogP contribution in [0.25, 0.3) is 0 Å². The number of sulfonamides is 1. The summed E-state index contributed by atoms with van der Waals surface area (Å²) in [4.78, 5) is 12.4. The number of carbonyl (C=O) groups excluding carboxylic acids is 1. The molecule has 8 heteroatoms. The summed E-state index contributed by atoms with van der Waals surface area (Å²) in [6.07, 6.45) is 1.77. The van der Waals surface area contributed by atoms with Crippen LogP contribution >= 0.6 is 23.2 Å². The lowest BCUT2D eigenvalue weighted by Crippen LogP contribution is -2.43. The molecule has 5 nitrogen and oxygen atoms in total. The highest BCUT2D eigenvalue weighted by atomic mass is 35.5. The van der Waals surface area contributed by atoms with E-state index in [0.29, 0.717) is 48.1 Å². The molecule has 0 aliphatic carbocycles. The third-order valence-electron chi connectivity index (χ3n) is 5.14. The molecule has 0 saturated carbocycles. The minimum Gasteiger partial charge on any atom is -0.356 e. The van der Waals surface area contributed by atoms with Gasteiger partial charge in [-0.25, -0.2) is 12.7 Å². The summed E-state index contributed by atoms with van der Waals surface area (Å²) in [5.74, 6) is -0.293. The van der Waals surface area contributed by atoms with Gasteiger partial charge in [-0.2, -0.15) is 0 Å². The van der Waals surface area contributed by atoms with Gasteiger partial charge in [0.25, 0.3) is 0 Å². The van der Waals surface area contributed by atoms with Crippen LogP contribution in [-0.4, -0.2) is 38.3 Å². The summed E-state index contributed by atoms with van der Waals surface area (Å²) < 4.78 is 26.9. The van der Waals surface area contributed by atoms with Gasteiger partial charge in [0, 0.05) is 35.6 Å². The number of nitrogens with zero attached hydrogens (tertiary/aromatic N) is 1. The van der Waals surface area contributed by atoms with Crippen molar-refractivity contribution >= 4 is 39.1 Å². The molecule has 156 valence electrons. The van der Waals surface area contributed by atoms with Crippen LogP contribution in [-0.2, 0) is 27.0 Å². The Morgan fingerprint density at radius 2 is 1.69 bits per heavy atom. The van der Waals surface area contributed by atoms with Gasteiger partial charge in [-0.05, 0) is 48.6 Å². The summed E-state index contributed by atoms with van der Waals surface area (Å²) in [7, 11) is -3.46. The molecule has 1 saturated heterocycles. The van der Waals surface area contributed by atoms with Gasteiger partial charge in [-0.3, -0.25) is 4.79 Å². The van der Waals surface area contributed by atoms with Crippen LogP contribution in [0, 0.1) is 5.92 Å². The smallest absolute Gasteiger partial charge is 0.223 e. The monoisotopic (exact) mass is 454 g/mol. The lowest BCUT2D eigenvalue weighted by molar-refractivity contribution is -0.126. The molecule has 0 spiro atoms. The molecule has 1 fully saturated rings. The summed E-state index contributed by atoms with van der Waals surface area (Å²) in [6, 6.07) is 14.5. The summed E-state index contributed by atoms with van der Waals surface area (Å²) in [5.41, 5.74) is 1.70. The largest absolute Gasteiger partial charge is 0.356 e. The quantitative estimate of drug-likeness (QED) is 0.689. The fraction of sp³-hybridized carbons (Fsp3) is 0.381. The normalized spacial score (nSPS) is 15.9. The van der Waals surface area contributed by atoms with Gasteiger partial charge in [0.2, 0.25) is 15.9 Å². The first-order valence-corrected chi connectivity index (χ1v) is 11.9. The number of rotatable bonds is 7. The Bertz CT molecular complexity index is 941. The van der Waals surface area contributed by atoms with Crippen LogP contribution < -0.4 is 5.32 Å². The molecule has 0 unspecified atom stereocenters. The molecule has 1 heterocycles. The van der Waals surface area contributed by atoms with E-state index in [1.54, 1.807) is 24.3 Å². The number of halogens is 2. The summed E-state index contributed by atoms with van der Waals surface area (Å²) in [5, 5.41) is 4.10. The Hall–Kier alpha value is -1.60. The predicted molar refractivity (Wildman–Crippen MR) is 117 cm³/mol. The highest BCUT2D eigenvalue weighted by molar-refractivity contribution is 7.88. The SMILES string of the molecule is O=C(NCCc1ccc(Cl)cc1)C1CCN(S(=O)(=O)Cc2ccccc2Cl)CC1. The average Bonchev–Trinajstić information content (AvgIpc) is 2.71. The second-order valence-electron chi connectivity index (χ2n) is 7.19. The first-order valence-electron chi connectivity index (χ1n) is 9.58. The van der Waals surface area contributed by atoms with Gasteiger partial charge in [-0.1, -0.05) is 53.5 Å². The second-order valence-corrected chi connectivity index (χ2v) is 10.0. The van der Waals surface area contributed by atoms with Crippen molar-refractivity contribution in [3.8, 4) is 0 Å². The molecular weight excluding hydrogens is 431 g/mol. The molecule has 29 heavy (non-hydrogen) atoms. The third kappa shape index (κ3) is 6.19. The third-order valence-corrected chi connectivity index (χ3v) is 7.59. The molecule has 1 amide bonds. The van der Waals surface area contributed by atoms with Crippen LogP contribution in [0.3, 0.4) is 0 Å². The van der Waals surface area contributed by atoms with E-state index in [2.05, 4.69) is 5.32 Å². The van der Waals surface area contributed by atoms with Crippen molar-refractivity contribution in [2.24, 2.45) is 5.92 Å². The first kappa shape index (κ1) is 22.1. The lowest BCUT2D eigenvalue weighted by Gasteiger charge is -2.30. The molecular formula is C21H24Cl2N2O3S. The first-order chi connectivity index (χ1) is 13.8. The number of piperidine rings is 1. The highest BCUT2D eigenvalue weighted by Crippen LogP contribution is 2.24. The number of hydrogen-bond donors (Lipinski definition) is 1. The number of hydrogen-bond acceptors (Lipinski definition) is 3. The maximum absolute atomic E-state index is 12.7. The van der Waals surface area contributed by atoms with Crippen LogP contribution in [0.15, 0.2) is 48.5 Å². The van der Waals surface area contributed by atoms with Crippen LogP contribution in [0.2, 0.25) is 10.0 Å². The fourth-order valence-electron chi connectivity index (χ4n) is 3.42. The second kappa shape index (κ2) is 9.94. The molecule has 1 N–H and O–H groups in total. The summed E-state index contributed by atoms with van der Waals surface area (Å²) >= 11 is 12.0. The van der Waals surface area contributed by atoms with E-state index in [1.165, 1.54) is 4.31 Å². The Morgan fingerprint density at radius 1 is 1.03 bits per heavy atom. The summed E-state index contributed by atoms with van der Waals surface area (Å²) in [6.45, 7) is 1.25. The minimum atomic E-state index is -3.46. The number of amides is 1. The fourth-order valence-corrected chi connectivity index (χ4v) is 5.43. The van der Waals surface area contributed by atoms with E-state index >= 15 is 0 Å². The van der Waals surface area contributed by atoms with Crippen molar-refractivity contribution in [3.63, 3.8) is 0 Å². The van der Waals surface area contributed by atoms with Crippen molar-refractivity contribution < 1.29 is 13.2 Å². The number of carbonyl (C=O) groups is 1. The van der Waals surface area contributed by atoms with E-state index in [-0.39, 0.29) is 17.6 Å². The molecule has 3 rings (SSSR count). The minimum absolute atomic E-state index is 0.0119. The van der Waals surface area contributed by atoms with Crippen LogP contribution in [0.1, 0.15) is 24.0 Å². The number of benzene rings is 2. The molecule has 0 aromatic heterocycles. The standard InChI is InChI=1S/C21H24Cl2N2O3S/c22-19-7-5-16(6-8-19)9-12-24-21(26)17-10-13-25(14-11-17)29(27,28)15-18-3-1-2-4-20(18)23/h1-8,17H,9-15H2,(H,24,26). The van der Waals surface area contributed by atoms with Gasteiger partial charge in [0.1, 0.15) is 0 Å². The van der Waals surface area contributed by atoms with Crippen molar-refractivity contribution in [1.82, 2.24) is 9.62 Å². The van der Waals surface area contributed by atoms with E-state index in [1.807, 2.05) is 24.3 Å². The average molecular weight is 455 g/mol. The highest BCUT2D eigenvalue weighted by Gasteiger charge is 2.31. The van der Waals surface area contributed by atoms with E-state index in [0.717, 1.165) is 12.0 Å². The Labute approximate surface area is 182 Å². The van der Waals surface area contributed by atoms with Crippen LogP contribution in [0.4, 0.5) is 0 Å². The van der Waals surface area contributed by atoms with Crippen molar-refractivity contribution in [3.05, 3.63) is 69.7 Å². The molecule has 0 radical (unpaired) electrons. The lowest BCUT2D eigenvalue weighted by atomic mass is 9.97. The molecule has 2 aromatic carbocycles. The maximum atomic E-state index is 12.7. The van der Waals surface area contributed by atoms with E-state index in [9.17, 15) is 13.2 Å². The molecule has 0 atom stereocenters. The van der Waals surface area contributed by atoms with Crippen molar-refractivity contribution in [1.29, 1.82) is 0 Å². The topological polar surface area (TPSA) is 66.5 Å². The zero-order chi connectivity index (χ0) is 20.9. The van der Waals surface area contributed by atoms with Gasteiger partial charge >= 0.3 is 0 Å². The molecule has 1 aliphatic heterocycles. The number of nitrogens with one attached hydrogen (secondary N) is 1. The Morgan fingerprint density at radius 3 is 2.34 bits per heavy atom. The van der Waals surface area contributed by atoms with E-state index < -0.39 is 10.0 Å². The van der Waals surface area contributed by atoms with Gasteiger partial charge in [0.05, 0.1) is 5.75 Å². The maximum Gasteiger partial charge on any atom is 0.223 e. The Balaban J connectivity index is 1.46. The van der Waals surface area contributed by atoms with Crippen molar-refractivity contribution in [2.45, 2.75) is 25.0 Å².